The van der Waals surface area contributed by atoms with Crippen LogP contribution in [0.5, 0.6) is 0 Å². The van der Waals surface area contributed by atoms with Gasteiger partial charge in [-0.15, -0.1) is 0 Å². The fourth-order valence-corrected chi connectivity index (χ4v) is 3.29. The van der Waals surface area contributed by atoms with E-state index in [4.69, 9.17) is 5.73 Å². The zero-order chi connectivity index (χ0) is 14.3. The van der Waals surface area contributed by atoms with Gasteiger partial charge in [-0.2, -0.15) is 4.37 Å². The second-order valence-electron chi connectivity index (χ2n) is 6.20. The minimum absolute atomic E-state index is 0.0947. The molecule has 2 saturated carbocycles. The summed E-state index contributed by atoms with van der Waals surface area (Å²) in [5.74, 6) is 1.06. The first-order chi connectivity index (χ1) is 9.56. The van der Waals surface area contributed by atoms with Crippen LogP contribution in [0.15, 0.2) is 0 Å². The zero-order valence-corrected chi connectivity index (χ0v) is 12.9. The van der Waals surface area contributed by atoms with Crippen molar-refractivity contribution in [2.45, 2.75) is 51.6 Å². The first-order valence-electron chi connectivity index (χ1n) is 7.39. The molecule has 0 aliphatic heterocycles. The molecule has 20 heavy (non-hydrogen) atoms. The maximum atomic E-state index is 12.4. The van der Waals surface area contributed by atoms with Crippen LogP contribution in [0.3, 0.4) is 0 Å². The van der Waals surface area contributed by atoms with Crippen LogP contribution in [0, 0.1) is 5.92 Å². The van der Waals surface area contributed by atoms with Gasteiger partial charge in [0.1, 0.15) is 10.6 Å². The molecule has 1 amide bonds. The summed E-state index contributed by atoms with van der Waals surface area (Å²) in [6, 6.07) is 0.688. The summed E-state index contributed by atoms with van der Waals surface area (Å²) < 4.78 is 4.22. The molecule has 0 bridgehead atoms. The van der Waals surface area contributed by atoms with Crippen molar-refractivity contribution < 1.29 is 4.79 Å². The number of nitrogens with two attached hydrogens (primary N) is 1. The van der Waals surface area contributed by atoms with Crippen molar-refractivity contribution in [2.75, 3.05) is 17.2 Å². The highest BCUT2D eigenvalue weighted by Crippen LogP contribution is 2.41. The summed E-state index contributed by atoms with van der Waals surface area (Å²) in [7, 11) is 0. The normalized spacial score (nSPS) is 18.4. The third-order valence-corrected chi connectivity index (χ3v) is 4.65. The Morgan fingerprint density at radius 3 is 2.70 bits per heavy atom. The highest BCUT2D eigenvalue weighted by Gasteiger charge is 2.37. The van der Waals surface area contributed by atoms with Crippen LogP contribution in [0.2, 0.25) is 0 Å². The van der Waals surface area contributed by atoms with E-state index in [-0.39, 0.29) is 11.9 Å². The predicted octanol–water partition coefficient (Wildman–Crippen LogP) is 2.24. The molecule has 5 nitrogen and oxygen atoms in total. The molecule has 0 radical (unpaired) electrons. The van der Waals surface area contributed by atoms with Crippen LogP contribution < -0.4 is 16.0 Å². The predicted molar refractivity (Wildman–Crippen MR) is 82.2 cm³/mol. The first-order valence-corrected chi connectivity index (χ1v) is 8.16. The van der Waals surface area contributed by atoms with Gasteiger partial charge in [-0.05, 0) is 57.0 Å². The molecule has 0 atom stereocenters. The number of carbonyl (C=O) groups is 1. The third-order valence-electron chi connectivity index (χ3n) is 3.75. The summed E-state index contributed by atoms with van der Waals surface area (Å²) in [6.45, 7) is 4.96. The molecular weight excluding hydrogens is 272 g/mol. The highest BCUT2D eigenvalue weighted by molar-refractivity contribution is 7.11. The summed E-state index contributed by atoms with van der Waals surface area (Å²) in [4.78, 5) is 14.7. The fourth-order valence-electron chi connectivity index (χ4n) is 2.40. The number of hydrogen-bond acceptors (Lipinski definition) is 5. The van der Waals surface area contributed by atoms with Crippen LogP contribution in [0.4, 0.5) is 10.8 Å². The molecule has 0 aromatic carbocycles. The van der Waals surface area contributed by atoms with E-state index in [1.54, 1.807) is 0 Å². The lowest BCUT2D eigenvalue weighted by Crippen LogP contribution is -2.33. The Morgan fingerprint density at radius 1 is 1.45 bits per heavy atom. The van der Waals surface area contributed by atoms with Crippen molar-refractivity contribution in [3.05, 3.63) is 5.56 Å². The first kappa shape index (κ1) is 13.7. The maximum absolute atomic E-state index is 12.4. The Hall–Kier alpha value is -1.30. The van der Waals surface area contributed by atoms with E-state index >= 15 is 0 Å². The zero-order valence-electron chi connectivity index (χ0n) is 12.1. The number of amides is 1. The Kier molecular flexibility index (Phi) is 3.58. The molecule has 110 valence electrons. The topological polar surface area (TPSA) is 71.2 Å². The van der Waals surface area contributed by atoms with Crippen molar-refractivity contribution in [1.82, 2.24) is 9.69 Å². The van der Waals surface area contributed by atoms with E-state index in [0.29, 0.717) is 17.4 Å². The molecule has 0 spiro atoms. The lowest BCUT2D eigenvalue weighted by atomic mass is 10.2. The van der Waals surface area contributed by atoms with E-state index in [1.807, 2.05) is 13.8 Å². The summed E-state index contributed by atoms with van der Waals surface area (Å²) in [5, 5.41) is 3.90. The number of aromatic nitrogens is 1. The quantitative estimate of drug-likeness (QED) is 0.844. The van der Waals surface area contributed by atoms with Crippen LogP contribution in [-0.4, -0.2) is 28.9 Å². The van der Waals surface area contributed by atoms with E-state index in [9.17, 15) is 4.79 Å². The van der Waals surface area contributed by atoms with E-state index in [1.165, 1.54) is 37.2 Å². The monoisotopic (exact) mass is 294 g/mol. The maximum Gasteiger partial charge on any atom is 0.258 e. The molecule has 3 N–H and O–H groups in total. The Balaban J connectivity index is 1.85. The van der Waals surface area contributed by atoms with Crippen LogP contribution >= 0.6 is 11.5 Å². The van der Waals surface area contributed by atoms with E-state index in [0.717, 1.165) is 17.5 Å². The standard InChI is InChI=1S/C14H22N4OS/c1-8(2)16-13(19)11-12(15)17-20-14(11)18(10-5-6-10)7-9-3-4-9/h8-10H,3-7H2,1-2H3,(H2,15,17)(H,16,19). The SMILES string of the molecule is CC(C)NC(=O)c1c(N)nsc1N(CC1CC1)C1CC1. The number of nitrogens with one attached hydrogen (secondary N) is 1. The van der Waals surface area contributed by atoms with Gasteiger partial charge in [-0.1, -0.05) is 0 Å². The largest absolute Gasteiger partial charge is 0.382 e. The number of hydrogen-bond donors (Lipinski definition) is 2. The summed E-state index contributed by atoms with van der Waals surface area (Å²) in [5.41, 5.74) is 6.51. The Labute approximate surface area is 123 Å². The van der Waals surface area contributed by atoms with Crippen molar-refractivity contribution in [3.8, 4) is 0 Å². The van der Waals surface area contributed by atoms with Crippen LogP contribution in [0.25, 0.3) is 0 Å². The van der Waals surface area contributed by atoms with Crippen molar-refractivity contribution >= 4 is 28.3 Å². The van der Waals surface area contributed by atoms with Crippen LogP contribution in [0.1, 0.15) is 49.9 Å². The number of nitrogen functional groups attached to an aromatic ring is 1. The summed E-state index contributed by atoms with van der Waals surface area (Å²) in [6.07, 6.45) is 5.06. The fraction of sp³-hybridized carbons (Fsp3) is 0.714. The number of nitrogens with zero attached hydrogens (tertiary/aromatic N) is 2. The lowest BCUT2D eigenvalue weighted by molar-refractivity contribution is 0.0944. The molecule has 2 fully saturated rings. The number of rotatable bonds is 6. The average molecular weight is 294 g/mol. The molecule has 2 aliphatic rings. The van der Waals surface area contributed by atoms with Gasteiger partial charge in [0.05, 0.1) is 0 Å². The van der Waals surface area contributed by atoms with E-state index in [2.05, 4.69) is 14.6 Å². The van der Waals surface area contributed by atoms with Gasteiger partial charge in [-0.3, -0.25) is 4.79 Å². The van der Waals surface area contributed by atoms with Gasteiger partial charge in [0.15, 0.2) is 5.82 Å². The number of carbonyl (C=O) groups excluding carboxylic acids is 1. The highest BCUT2D eigenvalue weighted by atomic mass is 32.1. The summed E-state index contributed by atoms with van der Waals surface area (Å²) >= 11 is 1.37. The van der Waals surface area contributed by atoms with Crippen molar-refractivity contribution in [1.29, 1.82) is 0 Å². The second kappa shape index (κ2) is 5.24. The Morgan fingerprint density at radius 2 is 2.15 bits per heavy atom. The Bertz CT molecular complexity index is 505. The molecule has 1 aromatic heterocycles. The molecular formula is C14H22N4OS. The molecule has 1 aromatic rings. The molecule has 1 heterocycles. The smallest absolute Gasteiger partial charge is 0.258 e. The number of anilines is 2. The van der Waals surface area contributed by atoms with Gasteiger partial charge in [0.2, 0.25) is 0 Å². The van der Waals surface area contributed by atoms with Crippen molar-refractivity contribution in [2.24, 2.45) is 5.92 Å². The third kappa shape index (κ3) is 2.90. The van der Waals surface area contributed by atoms with Crippen LogP contribution in [-0.2, 0) is 0 Å². The minimum atomic E-state index is -0.0947. The molecule has 3 rings (SSSR count). The molecule has 2 aliphatic carbocycles. The van der Waals surface area contributed by atoms with E-state index < -0.39 is 0 Å². The second-order valence-corrected chi connectivity index (χ2v) is 6.95. The van der Waals surface area contributed by atoms with Gasteiger partial charge >= 0.3 is 0 Å². The lowest BCUT2D eigenvalue weighted by Gasteiger charge is -2.23. The molecule has 0 saturated heterocycles. The van der Waals surface area contributed by atoms with Gasteiger partial charge in [-0.25, -0.2) is 0 Å². The van der Waals surface area contributed by atoms with Gasteiger partial charge in [0.25, 0.3) is 5.91 Å². The molecule has 6 heteroatoms. The van der Waals surface area contributed by atoms with Gasteiger partial charge < -0.3 is 16.0 Å². The van der Waals surface area contributed by atoms with Gasteiger partial charge in [0, 0.05) is 18.6 Å². The van der Waals surface area contributed by atoms with Crippen molar-refractivity contribution in [3.63, 3.8) is 0 Å². The average Bonchev–Trinajstić information content (AvgIpc) is 3.24. The minimum Gasteiger partial charge on any atom is -0.382 e. The molecule has 0 unspecified atom stereocenters.